The molecule has 4 nitrogen and oxygen atoms in total. The third-order valence-electron chi connectivity index (χ3n) is 2.35. The van der Waals surface area contributed by atoms with Crippen LogP contribution in [0.1, 0.15) is 32.1 Å². The summed E-state index contributed by atoms with van der Waals surface area (Å²) in [6.07, 6.45) is 2.54. The summed E-state index contributed by atoms with van der Waals surface area (Å²) in [5, 5.41) is 8.78. The fourth-order valence-electron chi connectivity index (χ4n) is 1.58. The van der Waals surface area contributed by atoms with Gasteiger partial charge in [-0.2, -0.15) is 0 Å². The van der Waals surface area contributed by atoms with Crippen molar-refractivity contribution in [2.75, 3.05) is 13.1 Å². The Morgan fingerprint density at radius 3 is 2.87 bits per heavy atom. The Bertz CT molecular complexity index is 295. The molecule has 0 aliphatic carbocycles. The van der Waals surface area contributed by atoms with Crippen LogP contribution in [0.2, 0.25) is 0 Å². The van der Waals surface area contributed by atoms with Gasteiger partial charge in [-0.3, -0.25) is 9.69 Å². The molecule has 0 aromatic carbocycles. The molecule has 0 radical (unpaired) electrons. The molecule has 1 aromatic heterocycles. The molecule has 1 unspecified atom stereocenters. The number of hydrogen-bond donors (Lipinski definition) is 1. The maximum absolute atomic E-state index is 10.7. The van der Waals surface area contributed by atoms with Gasteiger partial charge < -0.3 is 9.52 Å². The van der Waals surface area contributed by atoms with E-state index in [-0.39, 0.29) is 12.6 Å². The zero-order chi connectivity index (χ0) is 11.3. The Kier molecular flexibility index (Phi) is 4.37. The number of aliphatic carboxylic acids is 1. The molecule has 1 atom stereocenters. The SMILES string of the molecule is CCCN(CC(=O)O)C(C)c1ccco1. The number of carboxylic acids is 1. The lowest BCUT2D eigenvalue weighted by molar-refractivity contribution is -0.139. The van der Waals surface area contributed by atoms with E-state index in [0.29, 0.717) is 0 Å². The van der Waals surface area contributed by atoms with Gasteiger partial charge in [-0.15, -0.1) is 0 Å². The van der Waals surface area contributed by atoms with Crippen LogP contribution in [0.4, 0.5) is 0 Å². The van der Waals surface area contributed by atoms with Crippen LogP contribution in [-0.2, 0) is 4.79 Å². The number of carboxylic acid groups (broad SMARTS) is 1. The van der Waals surface area contributed by atoms with Gasteiger partial charge in [-0.05, 0) is 32.0 Å². The summed E-state index contributed by atoms with van der Waals surface area (Å²) >= 11 is 0. The molecule has 1 N–H and O–H groups in total. The molecule has 1 aromatic rings. The third kappa shape index (κ3) is 3.40. The number of hydrogen-bond acceptors (Lipinski definition) is 3. The topological polar surface area (TPSA) is 53.7 Å². The smallest absolute Gasteiger partial charge is 0.317 e. The first-order valence-corrected chi connectivity index (χ1v) is 5.14. The van der Waals surface area contributed by atoms with Crippen molar-refractivity contribution in [2.24, 2.45) is 0 Å². The maximum atomic E-state index is 10.7. The highest BCUT2D eigenvalue weighted by atomic mass is 16.4. The molecule has 4 heteroatoms. The molecule has 0 saturated heterocycles. The van der Waals surface area contributed by atoms with Crippen molar-refractivity contribution in [1.29, 1.82) is 0 Å². The lowest BCUT2D eigenvalue weighted by Crippen LogP contribution is -2.32. The highest BCUT2D eigenvalue weighted by Crippen LogP contribution is 2.20. The van der Waals surface area contributed by atoms with Crippen molar-refractivity contribution in [3.63, 3.8) is 0 Å². The van der Waals surface area contributed by atoms with Crippen LogP contribution >= 0.6 is 0 Å². The molecule has 0 bridgehead atoms. The summed E-state index contributed by atoms with van der Waals surface area (Å²) in [6, 6.07) is 3.70. The summed E-state index contributed by atoms with van der Waals surface area (Å²) in [4.78, 5) is 12.6. The second-order valence-electron chi connectivity index (χ2n) is 3.56. The van der Waals surface area contributed by atoms with E-state index in [1.54, 1.807) is 6.26 Å². The standard InChI is InChI=1S/C11H17NO3/c1-3-6-12(8-11(13)14)9(2)10-5-4-7-15-10/h4-5,7,9H,3,6,8H2,1-2H3,(H,13,14). The zero-order valence-corrected chi connectivity index (χ0v) is 9.14. The van der Waals surface area contributed by atoms with Crippen molar-refractivity contribution in [2.45, 2.75) is 26.3 Å². The second kappa shape index (κ2) is 5.56. The first-order chi connectivity index (χ1) is 7.15. The van der Waals surface area contributed by atoms with Crippen molar-refractivity contribution in [3.05, 3.63) is 24.2 Å². The van der Waals surface area contributed by atoms with Crippen molar-refractivity contribution < 1.29 is 14.3 Å². The number of rotatable bonds is 6. The van der Waals surface area contributed by atoms with E-state index < -0.39 is 5.97 Å². The Labute approximate surface area is 89.5 Å². The summed E-state index contributed by atoms with van der Waals surface area (Å²) in [5.74, 6) is 0.00607. The molecule has 0 amide bonds. The summed E-state index contributed by atoms with van der Waals surface area (Å²) < 4.78 is 5.27. The minimum Gasteiger partial charge on any atom is -0.480 e. The van der Waals surface area contributed by atoms with Crippen LogP contribution < -0.4 is 0 Å². The Hall–Kier alpha value is -1.29. The number of furan rings is 1. The van der Waals surface area contributed by atoms with Crippen LogP contribution in [0, 0.1) is 0 Å². The third-order valence-corrected chi connectivity index (χ3v) is 2.35. The normalized spacial score (nSPS) is 13.0. The highest BCUT2D eigenvalue weighted by Gasteiger charge is 2.19. The zero-order valence-electron chi connectivity index (χ0n) is 9.14. The van der Waals surface area contributed by atoms with Crippen molar-refractivity contribution >= 4 is 5.97 Å². The molecule has 0 fully saturated rings. The molecular formula is C11H17NO3. The van der Waals surface area contributed by atoms with Gasteiger partial charge in [-0.25, -0.2) is 0 Å². The molecule has 15 heavy (non-hydrogen) atoms. The predicted octanol–water partition coefficient (Wildman–Crippen LogP) is 2.14. The van der Waals surface area contributed by atoms with Gasteiger partial charge in [0.15, 0.2) is 0 Å². The van der Waals surface area contributed by atoms with Crippen LogP contribution in [0.25, 0.3) is 0 Å². The Morgan fingerprint density at radius 1 is 1.67 bits per heavy atom. The van der Waals surface area contributed by atoms with Gasteiger partial charge >= 0.3 is 5.97 Å². The van der Waals surface area contributed by atoms with Crippen LogP contribution in [0.5, 0.6) is 0 Å². The van der Waals surface area contributed by atoms with E-state index in [4.69, 9.17) is 9.52 Å². The monoisotopic (exact) mass is 211 g/mol. The van der Waals surface area contributed by atoms with E-state index in [2.05, 4.69) is 0 Å². The van der Waals surface area contributed by atoms with Gasteiger partial charge in [0, 0.05) is 0 Å². The van der Waals surface area contributed by atoms with Crippen LogP contribution in [0.3, 0.4) is 0 Å². The number of nitrogens with zero attached hydrogens (tertiary/aromatic N) is 1. The quantitative estimate of drug-likeness (QED) is 0.783. The molecule has 0 saturated carbocycles. The van der Waals surface area contributed by atoms with E-state index in [9.17, 15) is 4.79 Å². The first kappa shape index (κ1) is 11.8. The molecule has 1 heterocycles. The van der Waals surface area contributed by atoms with Gasteiger partial charge in [0.25, 0.3) is 0 Å². The van der Waals surface area contributed by atoms with Gasteiger partial charge in [0.2, 0.25) is 0 Å². The van der Waals surface area contributed by atoms with E-state index in [0.717, 1.165) is 18.7 Å². The largest absolute Gasteiger partial charge is 0.480 e. The molecular weight excluding hydrogens is 194 g/mol. The lowest BCUT2D eigenvalue weighted by atomic mass is 10.2. The summed E-state index contributed by atoms with van der Waals surface area (Å²) in [6.45, 7) is 4.80. The van der Waals surface area contributed by atoms with E-state index >= 15 is 0 Å². The van der Waals surface area contributed by atoms with Crippen LogP contribution in [-0.4, -0.2) is 29.1 Å². The lowest BCUT2D eigenvalue weighted by Gasteiger charge is -2.25. The average molecular weight is 211 g/mol. The van der Waals surface area contributed by atoms with Crippen molar-refractivity contribution in [3.8, 4) is 0 Å². The maximum Gasteiger partial charge on any atom is 0.317 e. The highest BCUT2D eigenvalue weighted by molar-refractivity contribution is 5.69. The first-order valence-electron chi connectivity index (χ1n) is 5.14. The minimum atomic E-state index is -0.804. The van der Waals surface area contributed by atoms with Crippen LogP contribution in [0.15, 0.2) is 22.8 Å². The van der Waals surface area contributed by atoms with Crippen molar-refractivity contribution in [1.82, 2.24) is 4.90 Å². The molecule has 84 valence electrons. The molecule has 0 aliphatic heterocycles. The minimum absolute atomic E-state index is 0.0102. The Morgan fingerprint density at radius 2 is 2.40 bits per heavy atom. The fraction of sp³-hybridized carbons (Fsp3) is 0.545. The van der Waals surface area contributed by atoms with Gasteiger partial charge in [0.1, 0.15) is 5.76 Å². The molecule has 1 rings (SSSR count). The molecule has 0 spiro atoms. The van der Waals surface area contributed by atoms with E-state index in [1.807, 2.05) is 30.9 Å². The van der Waals surface area contributed by atoms with E-state index in [1.165, 1.54) is 0 Å². The Balaban J connectivity index is 2.66. The number of carbonyl (C=O) groups is 1. The molecule has 0 aliphatic rings. The summed E-state index contributed by atoms with van der Waals surface area (Å²) in [7, 11) is 0. The second-order valence-corrected chi connectivity index (χ2v) is 3.56. The fourth-order valence-corrected chi connectivity index (χ4v) is 1.58. The average Bonchev–Trinajstić information content (AvgIpc) is 2.68. The summed E-state index contributed by atoms with van der Waals surface area (Å²) in [5.41, 5.74) is 0. The van der Waals surface area contributed by atoms with Gasteiger partial charge in [-0.1, -0.05) is 6.92 Å². The van der Waals surface area contributed by atoms with Gasteiger partial charge in [0.05, 0.1) is 18.8 Å². The predicted molar refractivity (Wildman–Crippen MR) is 56.6 cm³/mol.